The molecule has 2 atom stereocenters. The van der Waals surface area contributed by atoms with Gasteiger partial charge in [-0.15, -0.1) is 0 Å². The third kappa shape index (κ3) is 4.26. The molecular weight excluding hydrogens is 208 g/mol. The van der Waals surface area contributed by atoms with E-state index in [1.54, 1.807) is 0 Å². The minimum Gasteiger partial charge on any atom is -0.330 e. The molecule has 0 saturated heterocycles. The highest BCUT2D eigenvalue weighted by Gasteiger charge is 2.23. The summed E-state index contributed by atoms with van der Waals surface area (Å²) in [4.78, 5) is 0. The monoisotopic (exact) mass is 238 g/mol. The molecule has 0 bridgehead atoms. The molecule has 0 aliphatic heterocycles. The van der Waals surface area contributed by atoms with Gasteiger partial charge in [0.2, 0.25) is 0 Å². The largest absolute Gasteiger partial charge is 0.330 e. The lowest BCUT2D eigenvalue weighted by Gasteiger charge is -2.32. The number of hydrogen-bond donors (Lipinski definition) is 2. The van der Waals surface area contributed by atoms with Gasteiger partial charge >= 0.3 is 0 Å². The van der Waals surface area contributed by atoms with Crippen LogP contribution >= 0.6 is 0 Å². The van der Waals surface area contributed by atoms with Gasteiger partial charge in [0.25, 0.3) is 0 Å². The van der Waals surface area contributed by atoms with E-state index in [1.165, 1.54) is 70.8 Å². The second kappa shape index (κ2) is 7.38. The van der Waals surface area contributed by atoms with Crippen LogP contribution in [-0.2, 0) is 0 Å². The van der Waals surface area contributed by atoms with Crippen LogP contribution in [0.15, 0.2) is 0 Å². The number of nitrogens with two attached hydrogens (primary N) is 1. The Bertz CT molecular complexity index is 199. The molecule has 2 saturated carbocycles. The summed E-state index contributed by atoms with van der Waals surface area (Å²) in [7, 11) is 0. The lowest BCUT2D eigenvalue weighted by Crippen LogP contribution is -2.42. The Kier molecular flexibility index (Phi) is 5.79. The first-order valence-corrected chi connectivity index (χ1v) is 7.83. The van der Waals surface area contributed by atoms with E-state index < -0.39 is 0 Å². The Balaban J connectivity index is 1.62. The molecule has 0 amide bonds. The zero-order valence-electron chi connectivity index (χ0n) is 11.3. The third-order valence-corrected chi connectivity index (χ3v) is 4.90. The zero-order chi connectivity index (χ0) is 11.9. The fourth-order valence-corrected chi connectivity index (χ4v) is 3.71. The Morgan fingerprint density at radius 2 is 1.59 bits per heavy atom. The van der Waals surface area contributed by atoms with Crippen LogP contribution in [0, 0.1) is 11.8 Å². The molecule has 2 nitrogen and oxygen atoms in total. The molecule has 0 aromatic carbocycles. The Morgan fingerprint density at radius 1 is 0.882 bits per heavy atom. The molecule has 0 aromatic rings. The topological polar surface area (TPSA) is 38.0 Å². The fourth-order valence-electron chi connectivity index (χ4n) is 3.71. The quantitative estimate of drug-likeness (QED) is 0.772. The van der Waals surface area contributed by atoms with Gasteiger partial charge in [-0.1, -0.05) is 44.9 Å². The first-order chi connectivity index (χ1) is 8.40. The van der Waals surface area contributed by atoms with Crippen LogP contribution in [0.4, 0.5) is 0 Å². The van der Waals surface area contributed by atoms with E-state index in [0.717, 1.165) is 24.4 Å². The van der Waals surface area contributed by atoms with Gasteiger partial charge in [0.05, 0.1) is 0 Å². The van der Waals surface area contributed by atoms with Crippen molar-refractivity contribution >= 4 is 0 Å². The van der Waals surface area contributed by atoms with Crippen molar-refractivity contribution in [2.45, 2.75) is 70.3 Å². The van der Waals surface area contributed by atoms with E-state index in [4.69, 9.17) is 5.73 Å². The van der Waals surface area contributed by atoms with Crippen LogP contribution in [0.3, 0.4) is 0 Å². The van der Waals surface area contributed by atoms with Crippen molar-refractivity contribution in [1.82, 2.24) is 5.32 Å². The number of rotatable bonds is 5. The minimum absolute atomic E-state index is 0.720. The minimum atomic E-state index is 0.720. The second-order valence-electron chi connectivity index (χ2n) is 6.13. The molecule has 3 N–H and O–H groups in total. The van der Waals surface area contributed by atoms with Gasteiger partial charge in [0, 0.05) is 6.04 Å². The molecule has 100 valence electrons. The van der Waals surface area contributed by atoms with Crippen LogP contribution in [0.25, 0.3) is 0 Å². The number of hydrogen-bond acceptors (Lipinski definition) is 2. The smallest absolute Gasteiger partial charge is 0.0107 e. The molecule has 2 fully saturated rings. The SMILES string of the molecule is NCC1CCCCC1NCCC1CCCCC1. The van der Waals surface area contributed by atoms with Gasteiger partial charge in [0.1, 0.15) is 0 Å². The van der Waals surface area contributed by atoms with Gasteiger partial charge in [-0.2, -0.15) is 0 Å². The maximum atomic E-state index is 5.87. The highest BCUT2D eigenvalue weighted by atomic mass is 14.9. The molecule has 0 spiro atoms. The van der Waals surface area contributed by atoms with Gasteiger partial charge in [-0.3, -0.25) is 0 Å². The Hall–Kier alpha value is -0.0800. The van der Waals surface area contributed by atoms with E-state index in [0.29, 0.717) is 0 Å². The van der Waals surface area contributed by atoms with Crippen LogP contribution in [0.1, 0.15) is 64.2 Å². The summed E-state index contributed by atoms with van der Waals surface area (Å²) >= 11 is 0. The predicted octanol–water partition coefficient (Wildman–Crippen LogP) is 3.06. The summed E-state index contributed by atoms with van der Waals surface area (Å²) in [6.07, 6.45) is 14.3. The lowest BCUT2D eigenvalue weighted by molar-refractivity contribution is 0.255. The number of nitrogens with one attached hydrogen (secondary N) is 1. The standard InChI is InChI=1S/C15H30N2/c16-12-14-8-4-5-9-15(14)17-11-10-13-6-2-1-3-7-13/h13-15,17H,1-12,16H2. The first-order valence-electron chi connectivity index (χ1n) is 7.83. The summed E-state index contributed by atoms with van der Waals surface area (Å²) in [5.74, 6) is 1.76. The van der Waals surface area contributed by atoms with Crippen LogP contribution in [0.5, 0.6) is 0 Å². The molecule has 2 aliphatic rings. The normalized spacial score (nSPS) is 31.6. The van der Waals surface area contributed by atoms with Gasteiger partial charge in [0.15, 0.2) is 0 Å². The van der Waals surface area contributed by atoms with E-state index in [9.17, 15) is 0 Å². The summed E-state index contributed by atoms with van der Waals surface area (Å²) in [6, 6.07) is 0.720. The molecule has 2 unspecified atom stereocenters. The predicted molar refractivity (Wildman–Crippen MR) is 74.0 cm³/mol. The van der Waals surface area contributed by atoms with Crippen molar-refractivity contribution in [2.24, 2.45) is 17.6 Å². The van der Waals surface area contributed by atoms with Gasteiger partial charge < -0.3 is 11.1 Å². The molecule has 2 rings (SSSR count). The van der Waals surface area contributed by atoms with Crippen molar-refractivity contribution in [2.75, 3.05) is 13.1 Å². The maximum Gasteiger partial charge on any atom is 0.0107 e. The molecule has 0 heterocycles. The third-order valence-electron chi connectivity index (χ3n) is 4.90. The Morgan fingerprint density at radius 3 is 2.35 bits per heavy atom. The van der Waals surface area contributed by atoms with E-state index in [1.807, 2.05) is 0 Å². The second-order valence-corrected chi connectivity index (χ2v) is 6.13. The van der Waals surface area contributed by atoms with Crippen molar-refractivity contribution in [3.05, 3.63) is 0 Å². The summed E-state index contributed by atoms with van der Waals surface area (Å²) in [5.41, 5.74) is 5.87. The van der Waals surface area contributed by atoms with E-state index >= 15 is 0 Å². The summed E-state index contributed by atoms with van der Waals surface area (Å²) < 4.78 is 0. The van der Waals surface area contributed by atoms with Gasteiger partial charge in [-0.05, 0) is 44.2 Å². The van der Waals surface area contributed by atoms with Gasteiger partial charge in [-0.25, -0.2) is 0 Å². The van der Waals surface area contributed by atoms with Crippen molar-refractivity contribution in [3.63, 3.8) is 0 Å². The Labute approximate surface area is 107 Å². The molecule has 17 heavy (non-hydrogen) atoms. The van der Waals surface area contributed by atoms with E-state index in [2.05, 4.69) is 5.32 Å². The van der Waals surface area contributed by atoms with E-state index in [-0.39, 0.29) is 0 Å². The van der Waals surface area contributed by atoms with Crippen molar-refractivity contribution in [3.8, 4) is 0 Å². The van der Waals surface area contributed by atoms with Crippen LogP contribution < -0.4 is 11.1 Å². The maximum absolute atomic E-state index is 5.87. The fraction of sp³-hybridized carbons (Fsp3) is 1.00. The highest BCUT2D eigenvalue weighted by Crippen LogP contribution is 2.27. The average Bonchev–Trinajstić information content (AvgIpc) is 2.40. The van der Waals surface area contributed by atoms with Crippen LogP contribution in [0.2, 0.25) is 0 Å². The highest BCUT2D eigenvalue weighted by molar-refractivity contribution is 4.81. The molecular formula is C15H30N2. The van der Waals surface area contributed by atoms with Crippen LogP contribution in [-0.4, -0.2) is 19.1 Å². The average molecular weight is 238 g/mol. The molecule has 2 aliphatic carbocycles. The molecule has 0 radical (unpaired) electrons. The zero-order valence-corrected chi connectivity index (χ0v) is 11.3. The molecule has 2 heteroatoms. The molecule has 0 aromatic heterocycles. The van der Waals surface area contributed by atoms with Crippen molar-refractivity contribution < 1.29 is 0 Å². The first kappa shape index (κ1) is 13.4. The summed E-state index contributed by atoms with van der Waals surface area (Å²) in [6.45, 7) is 2.10. The summed E-state index contributed by atoms with van der Waals surface area (Å²) in [5, 5.41) is 3.79. The van der Waals surface area contributed by atoms with Crippen molar-refractivity contribution in [1.29, 1.82) is 0 Å². The lowest BCUT2D eigenvalue weighted by atomic mass is 9.84.